The van der Waals surface area contributed by atoms with Crippen molar-refractivity contribution >= 4 is 23.8 Å². The Morgan fingerprint density at radius 3 is 2.81 bits per heavy atom. The van der Waals surface area contributed by atoms with E-state index in [0.717, 1.165) is 17.9 Å². The molecule has 2 amide bonds. The van der Waals surface area contributed by atoms with Gasteiger partial charge in [-0.15, -0.1) is 0 Å². The summed E-state index contributed by atoms with van der Waals surface area (Å²) in [4.78, 5) is 23.6. The largest absolute Gasteiger partial charge is 0.479 e. The normalized spacial score (nSPS) is 18.7. The maximum atomic E-state index is 11.6. The quantitative estimate of drug-likeness (QED) is 0.631. The lowest BCUT2D eigenvalue weighted by Crippen LogP contribution is -2.45. The van der Waals surface area contributed by atoms with Crippen LogP contribution in [-0.2, 0) is 4.79 Å². The number of aliphatic hydroxyl groups is 1. The van der Waals surface area contributed by atoms with Crippen LogP contribution in [0.15, 0.2) is 0 Å². The van der Waals surface area contributed by atoms with Gasteiger partial charge in [0.25, 0.3) is 0 Å². The molecule has 0 radical (unpaired) electrons. The topological polar surface area (TPSA) is 89.9 Å². The van der Waals surface area contributed by atoms with Crippen molar-refractivity contribution in [2.24, 2.45) is 0 Å². The molecule has 0 aliphatic carbocycles. The van der Waals surface area contributed by atoms with Gasteiger partial charge in [0.05, 0.1) is 6.54 Å². The van der Waals surface area contributed by atoms with Crippen LogP contribution in [0, 0.1) is 0 Å². The highest BCUT2D eigenvalue weighted by molar-refractivity contribution is 7.99. The van der Waals surface area contributed by atoms with Crippen molar-refractivity contribution in [2.45, 2.75) is 12.5 Å². The molecule has 0 bridgehead atoms. The molecule has 1 aliphatic rings. The van der Waals surface area contributed by atoms with Gasteiger partial charge in [-0.25, -0.2) is 9.59 Å². The maximum Gasteiger partial charge on any atom is 0.334 e. The van der Waals surface area contributed by atoms with Crippen LogP contribution in [0.5, 0.6) is 0 Å². The van der Waals surface area contributed by atoms with Gasteiger partial charge >= 0.3 is 12.0 Å². The van der Waals surface area contributed by atoms with E-state index in [9.17, 15) is 9.59 Å². The number of nitrogens with one attached hydrogen (secondary N) is 1. The summed E-state index contributed by atoms with van der Waals surface area (Å²) in [5, 5.41) is 19.8. The highest BCUT2D eigenvalue weighted by Gasteiger charge is 2.18. The van der Waals surface area contributed by atoms with Crippen LogP contribution in [0.3, 0.4) is 0 Å². The van der Waals surface area contributed by atoms with Gasteiger partial charge < -0.3 is 20.4 Å². The van der Waals surface area contributed by atoms with E-state index >= 15 is 0 Å². The molecule has 0 aromatic rings. The first-order valence-corrected chi connectivity index (χ1v) is 6.28. The third-order valence-corrected chi connectivity index (χ3v) is 3.29. The number of thioether (sulfide) groups is 1. The summed E-state index contributed by atoms with van der Waals surface area (Å²) in [6, 6.07) is -0.303. The van der Waals surface area contributed by atoms with E-state index < -0.39 is 12.1 Å². The third-order valence-electron chi connectivity index (χ3n) is 2.24. The number of carbonyl (C=O) groups is 2. The Morgan fingerprint density at radius 1 is 1.38 bits per heavy atom. The molecule has 16 heavy (non-hydrogen) atoms. The Kier molecular flexibility index (Phi) is 5.41. The van der Waals surface area contributed by atoms with Crippen molar-refractivity contribution in [2.75, 3.05) is 31.1 Å². The molecule has 3 N–H and O–H groups in total. The molecule has 7 heteroatoms. The van der Waals surface area contributed by atoms with E-state index in [4.69, 9.17) is 10.2 Å². The Hall–Kier alpha value is -0.950. The van der Waals surface area contributed by atoms with Gasteiger partial charge in [0.2, 0.25) is 0 Å². The molecule has 1 atom stereocenters. The van der Waals surface area contributed by atoms with Crippen LogP contribution in [0.4, 0.5) is 4.79 Å². The van der Waals surface area contributed by atoms with E-state index in [1.165, 1.54) is 0 Å². The summed E-state index contributed by atoms with van der Waals surface area (Å²) >= 11 is 1.80. The molecule has 92 valence electrons. The Morgan fingerprint density at radius 2 is 2.12 bits per heavy atom. The average molecular weight is 248 g/mol. The fourth-order valence-electron chi connectivity index (χ4n) is 1.33. The minimum Gasteiger partial charge on any atom is -0.479 e. The highest BCUT2D eigenvalue weighted by Crippen LogP contribution is 2.09. The number of hydrogen-bond donors (Lipinski definition) is 3. The van der Waals surface area contributed by atoms with Crippen LogP contribution in [0.25, 0.3) is 0 Å². The van der Waals surface area contributed by atoms with Gasteiger partial charge in [-0.3, -0.25) is 0 Å². The van der Waals surface area contributed by atoms with Crippen molar-refractivity contribution in [1.29, 1.82) is 0 Å². The minimum atomic E-state index is -1.54. The van der Waals surface area contributed by atoms with Gasteiger partial charge in [0, 0.05) is 18.8 Å². The first kappa shape index (κ1) is 13.1. The minimum absolute atomic E-state index is 0.252. The number of aliphatic carboxylic acids is 1. The number of carboxylic acids is 1. The van der Waals surface area contributed by atoms with E-state index in [1.54, 1.807) is 16.7 Å². The lowest BCUT2D eigenvalue weighted by molar-refractivity contribution is -0.146. The smallest absolute Gasteiger partial charge is 0.334 e. The van der Waals surface area contributed by atoms with Crippen molar-refractivity contribution in [1.82, 2.24) is 10.2 Å². The Labute approximate surface area is 98.0 Å². The fraction of sp³-hybridized carbons (Fsp3) is 0.778. The Balaban J connectivity index is 2.30. The summed E-state index contributed by atoms with van der Waals surface area (Å²) < 4.78 is 0. The van der Waals surface area contributed by atoms with Gasteiger partial charge in [-0.2, -0.15) is 11.8 Å². The lowest BCUT2D eigenvalue weighted by atomic mass is 10.3. The first-order valence-electron chi connectivity index (χ1n) is 5.12. The molecule has 0 unspecified atom stereocenters. The maximum absolute atomic E-state index is 11.6. The second kappa shape index (κ2) is 6.59. The molecular formula is C9H16N2O4S. The molecule has 6 nitrogen and oxygen atoms in total. The van der Waals surface area contributed by atoms with Crippen LogP contribution in [0.2, 0.25) is 0 Å². The molecule has 0 spiro atoms. The summed E-state index contributed by atoms with van der Waals surface area (Å²) in [5.41, 5.74) is 0. The van der Waals surface area contributed by atoms with Gasteiger partial charge in [-0.05, 0) is 12.2 Å². The molecular weight excluding hydrogens is 232 g/mol. The zero-order chi connectivity index (χ0) is 12.0. The summed E-state index contributed by atoms with van der Waals surface area (Å²) in [7, 11) is 0. The monoisotopic (exact) mass is 248 g/mol. The standard InChI is InChI=1S/C9H16N2O4S/c12-7(8(13)14)6-10-9(15)11-2-1-4-16-5-3-11/h7,12H,1-6H2,(H,10,15)(H,13,14)/t7-/m0/s1. The third kappa shape index (κ3) is 4.28. The molecule has 0 aromatic heterocycles. The number of rotatable bonds is 3. The number of hydrogen-bond acceptors (Lipinski definition) is 4. The lowest BCUT2D eigenvalue weighted by Gasteiger charge is -2.20. The summed E-state index contributed by atoms with van der Waals surface area (Å²) in [6.45, 7) is 1.10. The second-order valence-corrected chi connectivity index (χ2v) is 4.72. The van der Waals surface area contributed by atoms with E-state index in [2.05, 4.69) is 5.32 Å². The molecule has 1 heterocycles. The van der Waals surface area contributed by atoms with Crippen molar-refractivity contribution in [3.63, 3.8) is 0 Å². The molecule has 0 aromatic carbocycles. The average Bonchev–Trinajstić information content (AvgIpc) is 2.53. The summed E-state index contributed by atoms with van der Waals surface area (Å²) in [5.74, 6) is 0.614. The van der Waals surface area contributed by atoms with E-state index in [0.29, 0.717) is 13.1 Å². The first-order chi connectivity index (χ1) is 7.61. The molecule has 1 fully saturated rings. The number of amides is 2. The molecule has 1 rings (SSSR count). The van der Waals surface area contributed by atoms with Crippen LogP contribution in [0.1, 0.15) is 6.42 Å². The van der Waals surface area contributed by atoms with Gasteiger partial charge in [0.1, 0.15) is 0 Å². The SMILES string of the molecule is O=C(O)[C@@H](O)CNC(=O)N1CCCSCC1. The molecule has 0 saturated carbocycles. The van der Waals surface area contributed by atoms with Crippen molar-refractivity contribution in [3.05, 3.63) is 0 Å². The Bertz CT molecular complexity index is 254. The molecule has 1 saturated heterocycles. The zero-order valence-corrected chi connectivity index (χ0v) is 9.70. The van der Waals surface area contributed by atoms with Crippen LogP contribution < -0.4 is 5.32 Å². The van der Waals surface area contributed by atoms with Gasteiger partial charge in [0.15, 0.2) is 6.10 Å². The summed E-state index contributed by atoms with van der Waals surface area (Å²) in [6.07, 6.45) is -0.593. The van der Waals surface area contributed by atoms with E-state index in [1.807, 2.05) is 0 Å². The zero-order valence-electron chi connectivity index (χ0n) is 8.89. The van der Waals surface area contributed by atoms with Crippen LogP contribution >= 0.6 is 11.8 Å². The second-order valence-electron chi connectivity index (χ2n) is 3.49. The van der Waals surface area contributed by atoms with Crippen molar-refractivity contribution in [3.8, 4) is 0 Å². The van der Waals surface area contributed by atoms with Crippen LogP contribution in [-0.4, -0.2) is 64.4 Å². The number of carbonyl (C=O) groups excluding carboxylic acids is 1. The predicted octanol–water partition coefficient (Wildman–Crippen LogP) is -0.420. The van der Waals surface area contributed by atoms with Crippen molar-refractivity contribution < 1.29 is 19.8 Å². The fourth-order valence-corrected chi connectivity index (χ4v) is 2.22. The predicted molar refractivity (Wildman–Crippen MR) is 60.6 cm³/mol. The highest BCUT2D eigenvalue weighted by atomic mass is 32.2. The number of aliphatic hydroxyl groups excluding tert-OH is 1. The molecule has 1 aliphatic heterocycles. The van der Waals surface area contributed by atoms with E-state index in [-0.39, 0.29) is 12.6 Å². The number of nitrogens with zero attached hydrogens (tertiary/aromatic N) is 1. The van der Waals surface area contributed by atoms with Gasteiger partial charge in [-0.1, -0.05) is 0 Å². The number of urea groups is 1. The number of carboxylic acid groups (broad SMARTS) is 1.